The molecule has 5 rings (SSSR count). The molecule has 0 bridgehead atoms. The number of anilines is 1. The largest absolute Gasteiger partial charge is 0.496 e. The third kappa shape index (κ3) is 4.91. The van der Waals surface area contributed by atoms with Gasteiger partial charge in [0.1, 0.15) is 11.6 Å². The molecule has 2 aliphatic heterocycles. The Morgan fingerprint density at radius 1 is 0.943 bits per heavy atom. The molecule has 0 aliphatic carbocycles. The second-order valence-electron chi connectivity index (χ2n) is 8.83. The number of methoxy groups -OCH3 is 1. The lowest BCUT2D eigenvalue weighted by Crippen LogP contribution is -2.49. The normalized spacial score (nSPS) is 18.5. The number of carbonyl (C=O) groups is 1. The van der Waals surface area contributed by atoms with E-state index in [1.807, 2.05) is 65.6 Å². The molecule has 0 radical (unpaired) electrons. The van der Waals surface area contributed by atoms with Crippen molar-refractivity contribution in [2.45, 2.75) is 12.5 Å². The summed E-state index contributed by atoms with van der Waals surface area (Å²) in [4.78, 5) is 17.7. The van der Waals surface area contributed by atoms with E-state index in [0.29, 0.717) is 38.3 Å². The van der Waals surface area contributed by atoms with E-state index in [-0.39, 0.29) is 24.3 Å². The highest BCUT2D eigenvalue weighted by molar-refractivity contribution is 6.05. The van der Waals surface area contributed by atoms with Crippen LogP contribution in [0.4, 0.5) is 10.1 Å². The van der Waals surface area contributed by atoms with E-state index in [1.165, 1.54) is 6.07 Å². The van der Waals surface area contributed by atoms with Gasteiger partial charge in [0.25, 0.3) is 5.91 Å². The Labute approximate surface area is 205 Å². The lowest BCUT2D eigenvalue weighted by Gasteiger charge is -2.36. The molecule has 0 saturated carbocycles. The van der Waals surface area contributed by atoms with Crippen LogP contribution in [-0.4, -0.2) is 61.4 Å². The van der Waals surface area contributed by atoms with Gasteiger partial charge in [0.15, 0.2) is 0 Å². The highest BCUT2D eigenvalue weighted by atomic mass is 19.1. The number of carbonyl (C=O) groups excluding carboxylic acids is 1. The van der Waals surface area contributed by atoms with Crippen molar-refractivity contribution in [1.82, 2.24) is 9.91 Å². The van der Waals surface area contributed by atoms with Gasteiger partial charge in [-0.15, -0.1) is 0 Å². The molecular weight excluding hydrogens is 443 g/mol. The van der Waals surface area contributed by atoms with E-state index >= 15 is 0 Å². The number of ether oxygens (including phenoxy) is 1. The summed E-state index contributed by atoms with van der Waals surface area (Å²) in [5, 5.41) is 6.44. The van der Waals surface area contributed by atoms with Gasteiger partial charge >= 0.3 is 0 Å². The number of hydrogen-bond acceptors (Lipinski definition) is 5. The molecule has 0 spiro atoms. The van der Waals surface area contributed by atoms with E-state index in [2.05, 4.69) is 4.90 Å². The van der Waals surface area contributed by atoms with Crippen molar-refractivity contribution in [1.29, 1.82) is 0 Å². The van der Waals surface area contributed by atoms with E-state index < -0.39 is 0 Å². The van der Waals surface area contributed by atoms with Crippen molar-refractivity contribution in [2.75, 3.05) is 44.7 Å². The predicted octanol–water partition coefficient (Wildman–Crippen LogP) is 4.33. The summed E-state index contributed by atoms with van der Waals surface area (Å²) >= 11 is 0. The van der Waals surface area contributed by atoms with E-state index in [9.17, 15) is 9.18 Å². The zero-order chi connectivity index (χ0) is 24.2. The maximum Gasteiger partial charge on any atom is 0.257 e. The molecule has 1 saturated heterocycles. The number of hydrogen-bond donors (Lipinski definition) is 0. The molecular formula is C28H29FN4O2. The summed E-state index contributed by atoms with van der Waals surface area (Å²) in [6, 6.07) is 24.5. The molecule has 7 heteroatoms. The summed E-state index contributed by atoms with van der Waals surface area (Å²) in [5.74, 6) is 0.498. The summed E-state index contributed by atoms with van der Waals surface area (Å²) in [5.41, 5.74) is 3.42. The molecule has 1 amide bonds. The summed E-state index contributed by atoms with van der Waals surface area (Å²) in [6.45, 7) is 3.00. The maximum absolute atomic E-state index is 14.2. The standard InChI is InChI=1S/C28H29FN4O2/c1-35-27-14-8-5-11-22(27)24-19-26(21-9-3-2-4-10-21)33(30-24)28(34)20-31-15-17-32(18-16-31)25-13-7-6-12-23(25)29/h2-14,26H,15-20H2,1H3. The number of benzene rings is 3. The first-order valence-corrected chi connectivity index (χ1v) is 11.9. The molecule has 180 valence electrons. The van der Waals surface area contributed by atoms with E-state index in [0.717, 1.165) is 22.6 Å². The molecule has 1 atom stereocenters. The lowest BCUT2D eigenvalue weighted by atomic mass is 9.98. The minimum atomic E-state index is -0.210. The second-order valence-corrected chi connectivity index (χ2v) is 8.83. The third-order valence-corrected chi connectivity index (χ3v) is 6.69. The first-order valence-electron chi connectivity index (χ1n) is 11.9. The van der Waals surface area contributed by atoms with Gasteiger partial charge in [0.2, 0.25) is 0 Å². The zero-order valence-electron chi connectivity index (χ0n) is 19.8. The highest BCUT2D eigenvalue weighted by Gasteiger charge is 2.35. The Morgan fingerprint density at radius 2 is 1.63 bits per heavy atom. The maximum atomic E-state index is 14.2. The molecule has 0 aromatic heterocycles. The van der Waals surface area contributed by atoms with Crippen LogP contribution in [0.1, 0.15) is 23.6 Å². The van der Waals surface area contributed by atoms with Crippen molar-refractivity contribution in [3.63, 3.8) is 0 Å². The SMILES string of the molecule is COc1ccccc1C1=NN(C(=O)CN2CCN(c3ccccc3F)CC2)C(c2ccccc2)C1. The van der Waals surface area contributed by atoms with E-state index in [4.69, 9.17) is 9.84 Å². The second kappa shape index (κ2) is 10.3. The quantitative estimate of drug-likeness (QED) is 0.536. The Bertz CT molecular complexity index is 1210. The number of piperazine rings is 1. The minimum absolute atomic E-state index is 0.0388. The monoisotopic (exact) mass is 472 g/mol. The summed E-state index contributed by atoms with van der Waals surface area (Å²) < 4.78 is 19.7. The predicted molar refractivity (Wildman–Crippen MR) is 135 cm³/mol. The van der Waals surface area contributed by atoms with Crippen LogP contribution < -0.4 is 9.64 Å². The van der Waals surface area contributed by atoms with Gasteiger partial charge < -0.3 is 9.64 Å². The Morgan fingerprint density at radius 3 is 2.37 bits per heavy atom. The van der Waals surface area contributed by atoms with Crippen LogP contribution in [0.15, 0.2) is 84.0 Å². The molecule has 2 heterocycles. The van der Waals surface area contributed by atoms with Crippen LogP contribution in [0.25, 0.3) is 0 Å². The highest BCUT2D eigenvalue weighted by Crippen LogP contribution is 2.35. The Hall–Kier alpha value is -3.71. The number of amides is 1. The van der Waals surface area contributed by atoms with Crippen molar-refractivity contribution >= 4 is 17.3 Å². The van der Waals surface area contributed by atoms with Crippen molar-refractivity contribution in [3.8, 4) is 5.75 Å². The van der Waals surface area contributed by atoms with Crippen molar-refractivity contribution < 1.29 is 13.9 Å². The Kier molecular flexibility index (Phi) is 6.77. The average Bonchev–Trinajstić information content (AvgIpc) is 3.36. The van der Waals surface area contributed by atoms with Gasteiger partial charge in [-0.05, 0) is 29.8 Å². The number of halogens is 1. The van der Waals surface area contributed by atoms with Crippen molar-refractivity contribution in [2.24, 2.45) is 5.10 Å². The molecule has 2 aliphatic rings. The van der Waals surface area contributed by atoms with Gasteiger partial charge in [-0.3, -0.25) is 9.69 Å². The summed E-state index contributed by atoms with van der Waals surface area (Å²) in [7, 11) is 1.65. The average molecular weight is 473 g/mol. The fourth-order valence-corrected chi connectivity index (χ4v) is 4.84. The summed E-state index contributed by atoms with van der Waals surface area (Å²) in [6.07, 6.45) is 0.622. The molecule has 1 unspecified atom stereocenters. The minimum Gasteiger partial charge on any atom is -0.496 e. The van der Waals surface area contributed by atoms with Gasteiger partial charge in [-0.25, -0.2) is 9.40 Å². The number of hydrazone groups is 1. The molecule has 0 N–H and O–H groups in total. The van der Waals surface area contributed by atoms with Crippen LogP contribution in [-0.2, 0) is 4.79 Å². The third-order valence-electron chi connectivity index (χ3n) is 6.69. The molecule has 6 nitrogen and oxygen atoms in total. The van der Waals surface area contributed by atoms with Gasteiger partial charge in [-0.1, -0.05) is 54.6 Å². The molecule has 35 heavy (non-hydrogen) atoms. The first-order chi connectivity index (χ1) is 17.1. The topological polar surface area (TPSA) is 48.4 Å². The van der Waals surface area contributed by atoms with Crippen LogP contribution in [0.5, 0.6) is 5.75 Å². The Balaban J connectivity index is 1.32. The smallest absolute Gasteiger partial charge is 0.257 e. The number of para-hydroxylation sites is 2. The van der Waals surface area contributed by atoms with Crippen LogP contribution in [0, 0.1) is 5.82 Å². The fourth-order valence-electron chi connectivity index (χ4n) is 4.84. The first kappa shape index (κ1) is 23.1. The van der Waals surface area contributed by atoms with Crippen molar-refractivity contribution in [3.05, 3.63) is 95.8 Å². The molecule has 3 aromatic rings. The lowest BCUT2D eigenvalue weighted by molar-refractivity contribution is -0.134. The zero-order valence-corrected chi connectivity index (χ0v) is 19.8. The van der Waals surface area contributed by atoms with Crippen LogP contribution >= 0.6 is 0 Å². The van der Waals surface area contributed by atoms with Crippen LogP contribution in [0.3, 0.4) is 0 Å². The number of nitrogens with zero attached hydrogens (tertiary/aromatic N) is 4. The molecule has 1 fully saturated rings. The van der Waals surface area contributed by atoms with Crippen LogP contribution in [0.2, 0.25) is 0 Å². The van der Waals surface area contributed by atoms with Gasteiger partial charge in [-0.2, -0.15) is 5.10 Å². The van der Waals surface area contributed by atoms with Gasteiger partial charge in [0.05, 0.1) is 31.1 Å². The van der Waals surface area contributed by atoms with Gasteiger partial charge in [0, 0.05) is 38.2 Å². The van der Waals surface area contributed by atoms with E-state index in [1.54, 1.807) is 24.3 Å². The molecule has 3 aromatic carbocycles. The number of rotatable bonds is 6. The fraction of sp³-hybridized carbons (Fsp3) is 0.286.